The summed E-state index contributed by atoms with van der Waals surface area (Å²) >= 11 is 0. The van der Waals surface area contributed by atoms with Gasteiger partial charge in [-0.05, 0) is 32.4 Å². The van der Waals surface area contributed by atoms with Gasteiger partial charge < -0.3 is 14.4 Å². The van der Waals surface area contributed by atoms with Crippen LogP contribution in [0.15, 0.2) is 36.4 Å². The summed E-state index contributed by atoms with van der Waals surface area (Å²) in [6.45, 7) is 11.5. The highest BCUT2D eigenvalue weighted by Crippen LogP contribution is 2.25. The maximum Gasteiger partial charge on any atom is 0.219 e. The number of hydrogen-bond donors (Lipinski definition) is 1. The Hall–Kier alpha value is -2.40. The Kier molecular flexibility index (Phi) is 5.80. The molecule has 1 saturated heterocycles. The van der Waals surface area contributed by atoms with E-state index in [2.05, 4.69) is 42.7 Å². The maximum absolute atomic E-state index is 13.0. The minimum absolute atomic E-state index is 0.124. The highest BCUT2D eigenvalue weighted by molar-refractivity contribution is 5.98. The average molecular weight is 369 g/mol. The average Bonchev–Trinajstić information content (AvgIpc) is 2.96. The summed E-state index contributed by atoms with van der Waals surface area (Å²) in [6.07, 6.45) is 0. The molecule has 0 bridgehead atoms. The van der Waals surface area contributed by atoms with Gasteiger partial charge >= 0.3 is 0 Å². The Bertz CT molecular complexity index is 818. The first kappa shape index (κ1) is 19.4. The largest absolute Gasteiger partial charge is 0.341 e. The molecule has 5 nitrogen and oxygen atoms in total. The first-order chi connectivity index (χ1) is 12.9. The number of quaternary nitrogens is 1. The van der Waals surface area contributed by atoms with E-state index in [1.54, 1.807) is 6.92 Å². The second-order valence-electron chi connectivity index (χ2n) is 7.60. The number of aromatic nitrogens is 1. The van der Waals surface area contributed by atoms with Crippen LogP contribution in [0.5, 0.6) is 0 Å². The van der Waals surface area contributed by atoms with Gasteiger partial charge in [0.15, 0.2) is 0 Å². The fourth-order valence-corrected chi connectivity index (χ4v) is 4.17. The number of ketones is 1. The molecule has 1 N–H and O–H groups in total. The van der Waals surface area contributed by atoms with Crippen LogP contribution in [0.4, 0.5) is 0 Å². The fourth-order valence-electron chi connectivity index (χ4n) is 4.17. The summed E-state index contributed by atoms with van der Waals surface area (Å²) in [6, 6.07) is 12.6. The zero-order valence-electron chi connectivity index (χ0n) is 16.8. The lowest BCUT2D eigenvalue weighted by Gasteiger charge is -2.31. The topological polar surface area (TPSA) is 46.8 Å². The smallest absolute Gasteiger partial charge is 0.219 e. The van der Waals surface area contributed by atoms with Crippen LogP contribution in [0.25, 0.3) is 0 Å². The van der Waals surface area contributed by atoms with E-state index in [1.807, 2.05) is 24.0 Å². The Balaban J connectivity index is 1.72. The van der Waals surface area contributed by atoms with Crippen molar-refractivity contribution in [3.8, 4) is 0 Å². The van der Waals surface area contributed by atoms with E-state index < -0.39 is 0 Å². The summed E-state index contributed by atoms with van der Waals surface area (Å²) in [7, 11) is 0. The zero-order valence-corrected chi connectivity index (χ0v) is 16.8. The molecule has 0 spiro atoms. The number of hydrogen-bond acceptors (Lipinski definition) is 2. The van der Waals surface area contributed by atoms with E-state index in [0.717, 1.165) is 43.1 Å². The van der Waals surface area contributed by atoms with Crippen LogP contribution >= 0.6 is 0 Å². The van der Waals surface area contributed by atoms with Crippen molar-refractivity contribution in [2.45, 2.75) is 33.7 Å². The van der Waals surface area contributed by atoms with Crippen LogP contribution in [-0.4, -0.2) is 53.9 Å². The second kappa shape index (κ2) is 8.09. The number of carbonyl (C=O) groups excluding carboxylic acids is 2. The van der Waals surface area contributed by atoms with E-state index in [-0.39, 0.29) is 17.7 Å². The third-order valence-electron chi connectivity index (χ3n) is 5.78. The fraction of sp³-hybridized carbons (Fsp3) is 0.455. The number of rotatable bonds is 5. The summed E-state index contributed by atoms with van der Waals surface area (Å²) in [4.78, 5) is 27.5. The number of aryl methyl sites for hydroxylation is 1. The lowest BCUT2D eigenvalue weighted by atomic mass is 10.1. The Morgan fingerprint density at radius 2 is 1.74 bits per heavy atom. The molecule has 0 radical (unpaired) electrons. The molecule has 1 atom stereocenters. The minimum atomic E-state index is 0.124. The van der Waals surface area contributed by atoms with Crippen LogP contribution < -0.4 is 4.90 Å². The quantitative estimate of drug-likeness (QED) is 0.816. The van der Waals surface area contributed by atoms with Crippen molar-refractivity contribution >= 4 is 11.7 Å². The molecule has 1 aromatic heterocycles. The summed E-state index contributed by atoms with van der Waals surface area (Å²) in [5.74, 6) is 0.319. The predicted molar refractivity (Wildman–Crippen MR) is 106 cm³/mol. The van der Waals surface area contributed by atoms with Crippen molar-refractivity contribution in [2.75, 3.05) is 32.7 Å². The van der Waals surface area contributed by atoms with Crippen LogP contribution in [0.1, 0.15) is 47.2 Å². The number of carbonyl (C=O) groups is 2. The van der Waals surface area contributed by atoms with Crippen molar-refractivity contribution < 1.29 is 14.5 Å². The molecule has 1 aliphatic heterocycles. The zero-order chi connectivity index (χ0) is 19.6. The summed E-state index contributed by atoms with van der Waals surface area (Å²) in [5, 5.41) is 0. The van der Waals surface area contributed by atoms with Crippen molar-refractivity contribution in [3.05, 3.63) is 58.9 Å². The lowest BCUT2D eigenvalue weighted by Crippen LogP contribution is -3.15. The van der Waals surface area contributed by atoms with Crippen molar-refractivity contribution in [2.24, 2.45) is 0 Å². The molecule has 2 heterocycles. The highest BCUT2D eigenvalue weighted by Gasteiger charge is 2.26. The van der Waals surface area contributed by atoms with Crippen molar-refractivity contribution in [1.82, 2.24) is 9.47 Å². The normalized spacial score (nSPS) is 16.4. The van der Waals surface area contributed by atoms with Gasteiger partial charge in [-0.3, -0.25) is 9.59 Å². The molecule has 27 heavy (non-hydrogen) atoms. The van der Waals surface area contributed by atoms with Crippen molar-refractivity contribution in [3.63, 3.8) is 0 Å². The number of benzene rings is 1. The van der Waals surface area contributed by atoms with E-state index in [0.29, 0.717) is 6.54 Å². The molecular formula is C22H30N3O2+. The summed E-state index contributed by atoms with van der Waals surface area (Å²) < 4.78 is 2.26. The second-order valence-corrected chi connectivity index (χ2v) is 7.60. The van der Waals surface area contributed by atoms with Gasteiger partial charge in [-0.1, -0.05) is 30.3 Å². The lowest BCUT2D eigenvalue weighted by molar-refractivity contribution is -0.895. The number of Topliss-reactive ketones (excluding diaryl/α,β-unsaturated/α-hetero) is 1. The molecule has 0 aliphatic carbocycles. The third-order valence-corrected chi connectivity index (χ3v) is 5.78. The van der Waals surface area contributed by atoms with Gasteiger partial charge in [0.1, 0.15) is 6.54 Å². The van der Waals surface area contributed by atoms with Crippen LogP contribution in [0.2, 0.25) is 0 Å². The van der Waals surface area contributed by atoms with Gasteiger partial charge in [-0.25, -0.2) is 0 Å². The maximum atomic E-state index is 13.0. The molecule has 1 aliphatic rings. The molecule has 2 aromatic rings. The van der Waals surface area contributed by atoms with Gasteiger partial charge in [-0.2, -0.15) is 0 Å². The van der Waals surface area contributed by atoms with Gasteiger partial charge in [0.05, 0.1) is 32.2 Å². The van der Waals surface area contributed by atoms with Gasteiger partial charge in [0, 0.05) is 23.9 Å². The molecule has 1 fully saturated rings. The van der Waals surface area contributed by atoms with Gasteiger partial charge in [0.2, 0.25) is 11.7 Å². The van der Waals surface area contributed by atoms with Gasteiger partial charge in [-0.15, -0.1) is 0 Å². The van der Waals surface area contributed by atoms with Crippen LogP contribution in [0, 0.1) is 13.8 Å². The highest BCUT2D eigenvalue weighted by atomic mass is 16.2. The number of nitrogens with zero attached hydrogens (tertiary/aromatic N) is 2. The summed E-state index contributed by atoms with van der Waals surface area (Å²) in [5.41, 5.74) is 4.22. The number of piperazine rings is 1. The standard InChI is InChI=1S/C22H29N3O2/c1-16-14-21(18(3)25(16)17(2)20-8-6-5-7-9-20)22(27)15-23-10-12-24(13-11-23)19(4)26/h5-9,14,17H,10-13,15H2,1-4H3/p+1/t17-/m0/s1. The SMILES string of the molecule is CC(=O)N1CC[NH+](CC(=O)c2cc(C)n([C@@H](C)c3ccccc3)c2C)CC1. The molecule has 5 heteroatoms. The molecule has 0 unspecified atom stereocenters. The molecule has 0 saturated carbocycles. The monoisotopic (exact) mass is 368 g/mol. The third kappa shape index (κ3) is 4.14. The number of nitrogens with one attached hydrogen (secondary N) is 1. The minimum Gasteiger partial charge on any atom is -0.341 e. The van der Waals surface area contributed by atoms with E-state index in [9.17, 15) is 9.59 Å². The van der Waals surface area contributed by atoms with E-state index >= 15 is 0 Å². The first-order valence-electron chi connectivity index (χ1n) is 9.74. The Morgan fingerprint density at radius 3 is 2.33 bits per heavy atom. The first-order valence-corrected chi connectivity index (χ1v) is 9.74. The molecule has 1 amide bonds. The molecule has 3 rings (SSSR count). The molecule has 1 aromatic carbocycles. The Morgan fingerprint density at radius 1 is 1.11 bits per heavy atom. The van der Waals surface area contributed by atoms with Crippen molar-refractivity contribution in [1.29, 1.82) is 0 Å². The van der Waals surface area contributed by atoms with E-state index in [4.69, 9.17) is 0 Å². The predicted octanol–water partition coefficient (Wildman–Crippen LogP) is 1.64. The molecule has 144 valence electrons. The van der Waals surface area contributed by atoms with Crippen LogP contribution in [0.3, 0.4) is 0 Å². The Labute approximate surface area is 161 Å². The molecular weight excluding hydrogens is 338 g/mol. The van der Waals surface area contributed by atoms with E-state index in [1.165, 1.54) is 10.5 Å². The van der Waals surface area contributed by atoms with Crippen LogP contribution in [-0.2, 0) is 4.79 Å². The number of amides is 1. The van der Waals surface area contributed by atoms with Gasteiger partial charge in [0.25, 0.3) is 0 Å².